The average Bonchev–Trinajstić information content (AvgIpc) is 2.98. The fourth-order valence-electron chi connectivity index (χ4n) is 2.57. The number of rotatable bonds is 6. The molecule has 2 heterocycles. The second kappa shape index (κ2) is 8.33. The van der Waals surface area contributed by atoms with Gasteiger partial charge < -0.3 is 14.4 Å². The highest BCUT2D eigenvalue weighted by Gasteiger charge is 2.35. The number of hydrogen-bond donors (Lipinski definition) is 0. The number of sulfone groups is 1. The minimum atomic E-state index is -4.51. The first-order valence-corrected chi connectivity index (χ1v) is 10.0. The zero-order chi connectivity index (χ0) is 21.1. The van der Waals surface area contributed by atoms with E-state index in [1.54, 1.807) is 0 Å². The Labute approximate surface area is 159 Å². The lowest BCUT2D eigenvalue weighted by Gasteiger charge is -2.26. The van der Waals surface area contributed by atoms with Crippen LogP contribution < -0.4 is 4.74 Å². The van der Waals surface area contributed by atoms with E-state index in [1.807, 2.05) is 0 Å². The van der Waals surface area contributed by atoms with Crippen molar-refractivity contribution < 1.29 is 40.7 Å². The molecule has 0 N–H and O–H groups in total. The number of amides is 1. The summed E-state index contributed by atoms with van der Waals surface area (Å²) in [6, 6.07) is 1.75. The summed E-state index contributed by atoms with van der Waals surface area (Å²) < 4.78 is 68.8. The Hall–Kier alpha value is -2.37. The molecule has 0 radical (unpaired) electrons. The number of pyridine rings is 1. The first kappa shape index (κ1) is 21.9. The van der Waals surface area contributed by atoms with Crippen molar-refractivity contribution in [2.24, 2.45) is 0 Å². The molecule has 0 spiro atoms. The Morgan fingerprint density at radius 2 is 2.04 bits per heavy atom. The second-order valence-electron chi connectivity index (χ2n) is 6.34. The molecular weight excluding hydrogens is 405 g/mol. The van der Waals surface area contributed by atoms with Crippen LogP contribution in [0.3, 0.4) is 0 Å². The summed E-state index contributed by atoms with van der Waals surface area (Å²) in [5, 5.41) is 0. The van der Waals surface area contributed by atoms with Crippen LogP contribution in [-0.4, -0.2) is 73.7 Å². The predicted octanol–water partition coefficient (Wildman–Crippen LogP) is 1.21. The van der Waals surface area contributed by atoms with Gasteiger partial charge in [-0.1, -0.05) is 0 Å². The molecule has 0 saturated carbocycles. The standard InChI is InChI=1S/C16H19F3N2O6S/c1-10(14(22)21(2)12-5-6-28(24,25)8-12)27-15(23)11-3-4-13(20-7-11)26-9-16(17,18)19/h3-4,7,10,12H,5-6,8-9H2,1-2H3/t10-,12+/m1/s1. The van der Waals surface area contributed by atoms with Gasteiger partial charge in [0.1, 0.15) is 0 Å². The first-order chi connectivity index (χ1) is 12.9. The van der Waals surface area contributed by atoms with Gasteiger partial charge in [0.25, 0.3) is 5.91 Å². The molecule has 0 bridgehead atoms. The summed E-state index contributed by atoms with van der Waals surface area (Å²) in [6.07, 6.45) is -4.41. The molecule has 1 fully saturated rings. The molecule has 1 aromatic heterocycles. The van der Waals surface area contributed by atoms with Gasteiger partial charge in [-0.25, -0.2) is 18.2 Å². The summed E-state index contributed by atoms with van der Waals surface area (Å²) in [6.45, 7) is -0.174. The quantitative estimate of drug-likeness (QED) is 0.633. The highest BCUT2D eigenvalue weighted by atomic mass is 32.2. The topological polar surface area (TPSA) is 103 Å². The van der Waals surface area contributed by atoms with Crippen LogP contribution in [-0.2, 0) is 19.4 Å². The van der Waals surface area contributed by atoms with Crippen molar-refractivity contribution in [1.29, 1.82) is 0 Å². The number of aromatic nitrogens is 1. The van der Waals surface area contributed by atoms with E-state index in [0.29, 0.717) is 6.42 Å². The van der Waals surface area contributed by atoms with Gasteiger partial charge in [0.05, 0.1) is 17.1 Å². The Balaban J connectivity index is 1.91. The SMILES string of the molecule is C[C@@H](OC(=O)c1ccc(OCC(F)(F)F)nc1)C(=O)N(C)[C@H]1CCS(=O)(=O)C1. The van der Waals surface area contributed by atoms with Crippen LogP contribution in [0.4, 0.5) is 13.2 Å². The maximum absolute atomic E-state index is 12.4. The van der Waals surface area contributed by atoms with Gasteiger partial charge in [0.2, 0.25) is 5.88 Å². The molecular formula is C16H19F3N2O6S. The van der Waals surface area contributed by atoms with Gasteiger partial charge in [-0.05, 0) is 19.4 Å². The van der Waals surface area contributed by atoms with Gasteiger partial charge in [0.15, 0.2) is 22.5 Å². The Morgan fingerprint density at radius 1 is 1.36 bits per heavy atom. The van der Waals surface area contributed by atoms with E-state index < -0.39 is 46.6 Å². The molecule has 12 heteroatoms. The van der Waals surface area contributed by atoms with Crippen LogP contribution >= 0.6 is 0 Å². The molecule has 8 nitrogen and oxygen atoms in total. The molecule has 0 unspecified atom stereocenters. The monoisotopic (exact) mass is 424 g/mol. The zero-order valence-electron chi connectivity index (χ0n) is 15.1. The van der Waals surface area contributed by atoms with Gasteiger partial charge in [-0.3, -0.25) is 4.79 Å². The van der Waals surface area contributed by atoms with E-state index in [0.717, 1.165) is 18.3 Å². The second-order valence-corrected chi connectivity index (χ2v) is 8.57. The van der Waals surface area contributed by atoms with Crippen LogP contribution in [0, 0.1) is 0 Å². The lowest BCUT2D eigenvalue weighted by atomic mass is 10.2. The van der Waals surface area contributed by atoms with E-state index in [1.165, 1.54) is 18.9 Å². The van der Waals surface area contributed by atoms with Crippen LogP contribution in [0.5, 0.6) is 5.88 Å². The minimum Gasteiger partial charge on any atom is -0.468 e. The number of esters is 1. The van der Waals surface area contributed by atoms with Crippen molar-refractivity contribution in [2.45, 2.75) is 31.7 Å². The molecule has 2 atom stereocenters. The number of ether oxygens (including phenoxy) is 2. The van der Waals surface area contributed by atoms with E-state index in [-0.39, 0.29) is 22.9 Å². The summed E-state index contributed by atoms with van der Waals surface area (Å²) in [5.41, 5.74) is -0.0786. The van der Waals surface area contributed by atoms with E-state index in [9.17, 15) is 31.2 Å². The largest absolute Gasteiger partial charge is 0.468 e. The lowest BCUT2D eigenvalue weighted by Crippen LogP contribution is -2.44. The number of hydrogen-bond acceptors (Lipinski definition) is 7. The van der Waals surface area contributed by atoms with Crippen molar-refractivity contribution in [3.8, 4) is 5.88 Å². The molecule has 2 rings (SSSR count). The number of carbonyl (C=O) groups excluding carboxylic acids is 2. The van der Waals surface area contributed by atoms with E-state index >= 15 is 0 Å². The third kappa shape index (κ3) is 6.08. The van der Waals surface area contributed by atoms with Crippen molar-refractivity contribution in [2.75, 3.05) is 25.2 Å². The number of nitrogens with zero attached hydrogens (tertiary/aromatic N) is 2. The molecule has 1 saturated heterocycles. The van der Waals surface area contributed by atoms with Crippen molar-refractivity contribution in [3.05, 3.63) is 23.9 Å². The molecule has 28 heavy (non-hydrogen) atoms. The normalized spacial score (nSPS) is 19.7. The molecule has 1 aliphatic heterocycles. The Bertz CT molecular complexity index is 826. The van der Waals surface area contributed by atoms with Crippen molar-refractivity contribution in [1.82, 2.24) is 9.88 Å². The fraction of sp³-hybridized carbons (Fsp3) is 0.562. The minimum absolute atomic E-state index is 0.00210. The molecule has 1 amide bonds. The highest BCUT2D eigenvalue weighted by Crippen LogP contribution is 2.19. The summed E-state index contributed by atoms with van der Waals surface area (Å²) in [4.78, 5) is 29.3. The molecule has 0 aromatic carbocycles. The van der Waals surface area contributed by atoms with E-state index in [4.69, 9.17) is 4.74 Å². The summed E-state index contributed by atoms with van der Waals surface area (Å²) in [5.74, 6) is -1.92. The fourth-order valence-corrected chi connectivity index (χ4v) is 4.34. The van der Waals surface area contributed by atoms with Crippen LogP contribution in [0.15, 0.2) is 18.3 Å². The number of alkyl halides is 3. The van der Waals surface area contributed by atoms with Crippen molar-refractivity contribution in [3.63, 3.8) is 0 Å². The van der Waals surface area contributed by atoms with Crippen LogP contribution in [0.2, 0.25) is 0 Å². The first-order valence-electron chi connectivity index (χ1n) is 8.21. The van der Waals surface area contributed by atoms with Gasteiger partial charge in [-0.15, -0.1) is 0 Å². The lowest BCUT2D eigenvalue weighted by molar-refractivity contribution is -0.154. The Kier molecular flexibility index (Phi) is 6.52. The predicted molar refractivity (Wildman–Crippen MR) is 90.5 cm³/mol. The number of halogens is 3. The van der Waals surface area contributed by atoms with E-state index in [2.05, 4.69) is 9.72 Å². The number of likely N-dealkylation sites (N-methyl/N-ethyl adjacent to an activating group) is 1. The smallest absolute Gasteiger partial charge is 0.422 e. The molecule has 1 aliphatic rings. The Morgan fingerprint density at radius 3 is 2.54 bits per heavy atom. The van der Waals surface area contributed by atoms with Gasteiger partial charge in [-0.2, -0.15) is 13.2 Å². The third-order valence-corrected chi connectivity index (χ3v) is 5.84. The van der Waals surface area contributed by atoms with Crippen LogP contribution in [0.1, 0.15) is 23.7 Å². The highest BCUT2D eigenvalue weighted by molar-refractivity contribution is 7.91. The van der Waals surface area contributed by atoms with Gasteiger partial charge >= 0.3 is 12.1 Å². The average molecular weight is 424 g/mol. The van der Waals surface area contributed by atoms with Crippen LogP contribution in [0.25, 0.3) is 0 Å². The molecule has 156 valence electrons. The van der Waals surface area contributed by atoms with Gasteiger partial charge in [0, 0.05) is 25.4 Å². The molecule has 1 aromatic rings. The molecule has 0 aliphatic carbocycles. The third-order valence-electron chi connectivity index (χ3n) is 4.09. The number of carbonyl (C=O) groups is 2. The summed E-state index contributed by atoms with van der Waals surface area (Å²) in [7, 11) is -1.74. The maximum atomic E-state index is 12.4. The zero-order valence-corrected chi connectivity index (χ0v) is 15.9. The maximum Gasteiger partial charge on any atom is 0.422 e. The van der Waals surface area contributed by atoms with Crippen molar-refractivity contribution >= 4 is 21.7 Å². The summed E-state index contributed by atoms with van der Waals surface area (Å²) >= 11 is 0.